The second kappa shape index (κ2) is 8.55. The lowest BCUT2D eigenvalue weighted by molar-refractivity contribution is -0.384. The molecule has 0 N–H and O–H groups in total. The largest absolute Gasteiger partial charge is 0.497 e. The zero-order valence-electron chi connectivity index (χ0n) is 16.5. The van der Waals surface area contributed by atoms with Crippen molar-refractivity contribution in [2.24, 2.45) is 0 Å². The summed E-state index contributed by atoms with van der Waals surface area (Å²) in [4.78, 5) is 25.3. The highest BCUT2D eigenvalue weighted by Gasteiger charge is 2.22. The van der Waals surface area contributed by atoms with Crippen LogP contribution < -0.4 is 4.74 Å². The number of ether oxygens (including phenoxy) is 1. The van der Waals surface area contributed by atoms with E-state index in [1.165, 1.54) is 16.8 Å². The Balaban J connectivity index is 2.12. The van der Waals surface area contributed by atoms with Crippen LogP contribution in [0.1, 0.15) is 24.3 Å². The third-order valence-corrected chi connectivity index (χ3v) is 4.65. The second-order valence-corrected chi connectivity index (χ2v) is 6.31. The van der Waals surface area contributed by atoms with Crippen LogP contribution in [0.4, 0.5) is 5.69 Å². The molecule has 0 aliphatic carbocycles. The molecule has 3 rings (SSSR count). The first-order chi connectivity index (χ1) is 14.0. The van der Waals surface area contributed by atoms with Gasteiger partial charge in [-0.1, -0.05) is 12.1 Å². The molecule has 8 heteroatoms. The lowest BCUT2D eigenvalue weighted by Crippen LogP contribution is -2.32. The minimum absolute atomic E-state index is 0.0226. The molecule has 0 aliphatic rings. The van der Waals surface area contributed by atoms with Crippen molar-refractivity contribution in [3.8, 4) is 22.7 Å². The summed E-state index contributed by atoms with van der Waals surface area (Å²) in [5.74, 6) is 0.527. The Morgan fingerprint density at radius 2 is 1.83 bits per heavy atom. The van der Waals surface area contributed by atoms with Crippen LogP contribution in [0.3, 0.4) is 0 Å². The zero-order valence-corrected chi connectivity index (χ0v) is 16.5. The molecular weight excluding hydrogens is 372 g/mol. The van der Waals surface area contributed by atoms with Crippen molar-refractivity contribution in [2.75, 3.05) is 20.2 Å². The summed E-state index contributed by atoms with van der Waals surface area (Å²) in [6.07, 6.45) is 0. The maximum atomic E-state index is 13.1. The average Bonchev–Trinajstić information content (AvgIpc) is 3.20. The van der Waals surface area contributed by atoms with Crippen molar-refractivity contribution in [3.05, 3.63) is 70.4 Å². The first kappa shape index (κ1) is 20.1. The number of carbonyl (C=O) groups is 1. The SMILES string of the molecule is CCN(CC)C(=O)c1cc(-c2cccc(OC)c2)nn1-c1ccc([N+](=O)[O-])cc1. The summed E-state index contributed by atoms with van der Waals surface area (Å²) in [7, 11) is 1.59. The minimum Gasteiger partial charge on any atom is -0.497 e. The quantitative estimate of drug-likeness (QED) is 0.447. The van der Waals surface area contributed by atoms with Crippen molar-refractivity contribution in [3.63, 3.8) is 0 Å². The Morgan fingerprint density at radius 3 is 2.41 bits per heavy atom. The first-order valence-electron chi connectivity index (χ1n) is 9.27. The zero-order chi connectivity index (χ0) is 21.0. The number of hydrogen-bond acceptors (Lipinski definition) is 5. The monoisotopic (exact) mass is 394 g/mol. The predicted molar refractivity (Wildman–Crippen MR) is 109 cm³/mol. The molecule has 0 radical (unpaired) electrons. The standard InChI is InChI=1S/C21H22N4O4/c1-4-23(5-2)21(26)20-14-19(15-7-6-8-18(13-15)29-3)22-24(20)16-9-11-17(12-10-16)25(27)28/h6-14H,4-5H2,1-3H3. The van der Waals surface area contributed by atoms with Crippen LogP contribution in [0, 0.1) is 10.1 Å². The lowest BCUT2D eigenvalue weighted by atomic mass is 10.1. The van der Waals surface area contributed by atoms with Crippen LogP contribution in [-0.2, 0) is 0 Å². The molecule has 1 amide bonds. The van der Waals surface area contributed by atoms with Crippen LogP contribution in [0.25, 0.3) is 16.9 Å². The van der Waals surface area contributed by atoms with E-state index in [-0.39, 0.29) is 11.6 Å². The van der Waals surface area contributed by atoms with Crippen LogP contribution in [0.5, 0.6) is 5.75 Å². The van der Waals surface area contributed by atoms with Gasteiger partial charge in [-0.2, -0.15) is 5.10 Å². The molecule has 150 valence electrons. The Hall–Kier alpha value is -3.68. The van der Waals surface area contributed by atoms with E-state index in [1.54, 1.807) is 30.2 Å². The maximum Gasteiger partial charge on any atom is 0.272 e. The van der Waals surface area contributed by atoms with Crippen molar-refractivity contribution < 1.29 is 14.5 Å². The number of amides is 1. The smallest absolute Gasteiger partial charge is 0.272 e. The number of rotatable bonds is 7. The molecule has 8 nitrogen and oxygen atoms in total. The number of methoxy groups -OCH3 is 1. The van der Waals surface area contributed by atoms with E-state index in [0.29, 0.717) is 35.9 Å². The molecule has 0 atom stereocenters. The molecule has 0 unspecified atom stereocenters. The first-order valence-corrected chi connectivity index (χ1v) is 9.27. The van der Waals surface area contributed by atoms with E-state index in [4.69, 9.17) is 4.74 Å². The lowest BCUT2D eigenvalue weighted by Gasteiger charge is -2.19. The number of non-ortho nitro benzene ring substituents is 1. The van der Waals surface area contributed by atoms with Gasteiger partial charge in [-0.15, -0.1) is 0 Å². The molecule has 3 aromatic rings. The highest BCUT2D eigenvalue weighted by atomic mass is 16.6. The molecule has 0 bridgehead atoms. The number of benzene rings is 2. The Bertz CT molecular complexity index is 1020. The minimum atomic E-state index is -0.462. The third kappa shape index (κ3) is 4.11. The summed E-state index contributed by atoms with van der Waals surface area (Å²) >= 11 is 0. The van der Waals surface area contributed by atoms with Gasteiger partial charge < -0.3 is 9.64 Å². The van der Waals surface area contributed by atoms with Gasteiger partial charge in [-0.05, 0) is 44.2 Å². The fraction of sp³-hybridized carbons (Fsp3) is 0.238. The van der Waals surface area contributed by atoms with Gasteiger partial charge in [0.15, 0.2) is 0 Å². The number of nitro benzene ring substituents is 1. The summed E-state index contributed by atoms with van der Waals surface area (Å²) in [6, 6.07) is 15.1. The van der Waals surface area contributed by atoms with E-state index in [2.05, 4.69) is 5.10 Å². The average molecular weight is 394 g/mol. The topological polar surface area (TPSA) is 90.5 Å². The molecular formula is C21H22N4O4. The molecule has 0 saturated heterocycles. The third-order valence-electron chi connectivity index (χ3n) is 4.65. The fourth-order valence-corrected chi connectivity index (χ4v) is 3.04. The molecule has 1 heterocycles. The second-order valence-electron chi connectivity index (χ2n) is 6.31. The fourth-order valence-electron chi connectivity index (χ4n) is 3.04. The molecule has 0 spiro atoms. The van der Waals surface area contributed by atoms with Gasteiger partial charge in [0.1, 0.15) is 11.4 Å². The number of nitrogens with zero attached hydrogens (tertiary/aromatic N) is 4. The van der Waals surface area contributed by atoms with Gasteiger partial charge in [0.25, 0.3) is 11.6 Å². The Kier molecular flexibility index (Phi) is 5.92. The predicted octanol–water partition coefficient (Wildman–Crippen LogP) is 3.94. The van der Waals surface area contributed by atoms with Gasteiger partial charge in [-0.3, -0.25) is 14.9 Å². The number of aromatic nitrogens is 2. The van der Waals surface area contributed by atoms with Crippen LogP contribution >= 0.6 is 0 Å². The number of hydrogen-bond donors (Lipinski definition) is 0. The Morgan fingerprint density at radius 1 is 1.14 bits per heavy atom. The van der Waals surface area contributed by atoms with Crippen molar-refractivity contribution in [1.29, 1.82) is 0 Å². The Labute approximate surface area is 168 Å². The van der Waals surface area contributed by atoms with E-state index in [1.807, 2.05) is 38.1 Å². The number of nitro groups is 1. The molecule has 2 aromatic carbocycles. The molecule has 0 saturated carbocycles. The molecule has 29 heavy (non-hydrogen) atoms. The summed E-state index contributed by atoms with van der Waals surface area (Å²) in [6.45, 7) is 4.96. The van der Waals surface area contributed by atoms with E-state index in [0.717, 1.165) is 5.56 Å². The van der Waals surface area contributed by atoms with E-state index in [9.17, 15) is 14.9 Å². The van der Waals surface area contributed by atoms with Crippen LogP contribution in [-0.4, -0.2) is 45.7 Å². The van der Waals surface area contributed by atoms with Crippen molar-refractivity contribution in [1.82, 2.24) is 14.7 Å². The molecule has 0 fully saturated rings. The van der Waals surface area contributed by atoms with E-state index < -0.39 is 4.92 Å². The normalized spacial score (nSPS) is 10.6. The van der Waals surface area contributed by atoms with Gasteiger partial charge >= 0.3 is 0 Å². The maximum absolute atomic E-state index is 13.1. The van der Waals surface area contributed by atoms with Crippen molar-refractivity contribution >= 4 is 11.6 Å². The summed E-state index contributed by atoms with van der Waals surface area (Å²) in [5.41, 5.74) is 2.35. The highest BCUT2D eigenvalue weighted by molar-refractivity contribution is 5.94. The van der Waals surface area contributed by atoms with Gasteiger partial charge in [-0.25, -0.2) is 4.68 Å². The number of carbonyl (C=O) groups excluding carboxylic acids is 1. The molecule has 1 aromatic heterocycles. The van der Waals surface area contributed by atoms with Gasteiger partial charge in [0.2, 0.25) is 0 Å². The van der Waals surface area contributed by atoms with Gasteiger partial charge in [0.05, 0.1) is 23.4 Å². The summed E-state index contributed by atoms with van der Waals surface area (Å²) < 4.78 is 6.81. The highest BCUT2D eigenvalue weighted by Crippen LogP contribution is 2.26. The van der Waals surface area contributed by atoms with Crippen LogP contribution in [0.15, 0.2) is 54.6 Å². The van der Waals surface area contributed by atoms with Crippen LogP contribution in [0.2, 0.25) is 0 Å². The summed E-state index contributed by atoms with van der Waals surface area (Å²) in [5, 5.41) is 15.6. The van der Waals surface area contributed by atoms with E-state index >= 15 is 0 Å². The van der Waals surface area contributed by atoms with Crippen molar-refractivity contribution in [2.45, 2.75) is 13.8 Å². The van der Waals surface area contributed by atoms with Gasteiger partial charge in [0, 0.05) is 30.8 Å². The molecule has 0 aliphatic heterocycles.